The van der Waals surface area contributed by atoms with Crippen molar-refractivity contribution < 1.29 is 13.3 Å². The minimum Gasteiger partial charge on any atom is -0.356 e. The molecule has 0 saturated carbocycles. The molecule has 156 valence electrons. The lowest BCUT2D eigenvalue weighted by molar-refractivity contribution is -0.384. The Hall–Kier alpha value is -2.63. The van der Waals surface area contributed by atoms with Crippen LogP contribution < -0.4 is 14.8 Å². The van der Waals surface area contributed by atoms with E-state index in [0.29, 0.717) is 17.9 Å². The van der Waals surface area contributed by atoms with Crippen molar-refractivity contribution in [3.63, 3.8) is 0 Å². The Balaban J connectivity index is 1.83. The first-order chi connectivity index (χ1) is 13.7. The average molecular weight is 420 g/mol. The summed E-state index contributed by atoms with van der Waals surface area (Å²) in [5, 5.41) is 15.9. The Morgan fingerprint density at radius 2 is 2.03 bits per heavy atom. The summed E-state index contributed by atoms with van der Waals surface area (Å²) in [6.07, 6.45) is 2.54. The summed E-state index contributed by atoms with van der Waals surface area (Å²) in [6, 6.07) is 8.10. The fraction of sp³-hybridized carbons (Fsp3) is 0.444. The predicted molar refractivity (Wildman–Crippen MR) is 110 cm³/mol. The van der Waals surface area contributed by atoms with Crippen LogP contribution >= 0.6 is 0 Å². The molecule has 11 heteroatoms. The molecule has 2 heterocycles. The fourth-order valence-corrected chi connectivity index (χ4v) is 3.83. The molecule has 0 unspecified atom stereocenters. The van der Waals surface area contributed by atoms with E-state index in [9.17, 15) is 18.5 Å². The van der Waals surface area contributed by atoms with Crippen LogP contribution in [0.2, 0.25) is 0 Å². The second-order valence-corrected chi connectivity index (χ2v) is 8.43. The van der Waals surface area contributed by atoms with Gasteiger partial charge in [-0.2, -0.15) is 8.42 Å². The van der Waals surface area contributed by atoms with E-state index in [1.165, 1.54) is 12.1 Å². The van der Waals surface area contributed by atoms with Gasteiger partial charge < -0.3 is 4.90 Å². The van der Waals surface area contributed by atoms with Crippen molar-refractivity contribution in [3.8, 4) is 11.4 Å². The first-order valence-electron chi connectivity index (χ1n) is 9.40. The van der Waals surface area contributed by atoms with Crippen molar-refractivity contribution in [2.75, 3.05) is 24.5 Å². The summed E-state index contributed by atoms with van der Waals surface area (Å²) >= 11 is 0. The van der Waals surface area contributed by atoms with Crippen molar-refractivity contribution in [1.82, 2.24) is 14.7 Å². The van der Waals surface area contributed by atoms with Crippen molar-refractivity contribution in [3.05, 3.63) is 46.1 Å². The quantitative estimate of drug-likeness (QED) is 0.511. The number of benzene rings is 1. The highest BCUT2D eigenvalue weighted by molar-refractivity contribution is 7.87. The van der Waals surface area contributed by atoms with Gasteiger partial charge in [0.2, 0.25) is 0 Å². The molecule has 1 aromatic heterocycles. The topological polar surface area (TPSA) is 144 Å². The molecule has 3 N–H and O–H groups in total. The largest absolute Gasteiger partial charge is 0.356 e. The molecule has 10 nitrogen and oxygen atoms in total. The molecule has 1 aromatic carbocycles. The molecule has 0 bridgehead atoms. The van der Waals surface area contributed by atoms with E-state index in [1.54, 1.807) is 12.1 Å². The summed E-state index contributed by atoms with van der Waals surface area (Å²) in [5.41, 5.74) is 1.59. The van der Waals surface area contributed by atoms with Crippen molar-refractivity contribution in [2.24, 2.45) is 11.1 Å². The van der Waals surface area contributed by atoms with Crippen LogP contribution in [0.15, 0.2) is 30.3 Å². The van der Waals surface area contributed by atoms with Gasteiger partial charge in [0.05, 0.1) is 4.92 Å². The van der Waals surface area contributed by atoms with E-state index in [2.05, 4.69) is 19.6 Å². The van der Waals surface area contributed by atoms with Crippen LogP contribution in [0.1, 0.15) is 25.5 Å². The Morgan fingerprint density at radius 3 is 2.66 bits per heavy atom. The number of piperidine rings is 1. The van der Waals surface area contributed by atoms with Gasteiger partial charge in [-0.3, -0.25) is 10.1 Å². The zero-order valence-corrected chi connectivity index (χ0v) is 16.9. The van der Waals surface area contributed by atoms with Gasteiger partial charge in [-0.15, -0.1) is 0 Å². The molecule has 0 radical (unpaired) electrons. The number of hydrogen-bond donors (Lipinski definition) is 2. The maximum absolute atomic E-state index is 11.2. The molecular weight excluding hydrogens is 396 g/mol. The summed E-state index contributed by atoms with van der Waals surface area (Å²) in [6.45, 7) is 3.76. The Labute approximate surface area is 169 Å². The van der Waals surface area contributed by atoms with Gasteiger partial charge >= 0.3 is 0 Å². The standard InChI is InChI=1S/C18H24N6O4S/c1-2-15-10-17(23-9-3-4-13(12-23)11-20-29(19,27)28)22-18(21-15)14-5-7-16(8-6-14)24(25)26/h5-8,10,13,20H,2-4,9,11-12H2,1H3,(H2,19,27,28)/t13-/m1/s1. The highest BCUT2D eigenvalue weighted by Crippen LogP contribution is 2.26. The smallest absolute Gasteiger partial charge is 0.274 e. The lowest BCUT2D eigenvalue weighted by atomic mass is 9.98. The molecule has 2 aromatic rings. The third-order valence-electron chi connectivity index (χ3n) is 4.88. The number of nitrogens with one attached hydrogen (secondary N) is 1. The molecule has 1 saturated heterocycles. The second kappa shape index (κ2) is 8.80. The zero-order valence-electron chi connectivity index (χ0n) is 16.1. The van der Waals surface area contributed by atoms with Gasteiger partial charge in [-0.1, -0.05) is 6.92 Å². The molecule has 1 aliphatic heterocycles. The zero-order chi connectivity index (χ0) is 21.0. The first kappa shape index (κ1) is 21.1. The number of aryl methyl sites for hydroxylation is 1. The lowest BCUT2D eigenvalue weighted by Crippen LogP contribution is -2.42. The van der Waals surface area contributed by atoms with Gasteiger partial charge in [0.25, 0.3) is 15.9 Å². The van der Waals surface area contributed by atoms with Crippen LogP contribution in [0.4, 0.5) is 11.5 Å². The Kier molecular flexibility index (Phi) is 6.40. The van der Waals surface area contributed by atoms with Crippen LogP contribution in [-0.2, 0) is 16.6 Å². The number of non-ortho nitro benzene ring substituents is 1. The van der Waals surface area contributed by atoms with E-state index in [4.69, 9.17) is 5.14 Å². The summed E-state index contributed by atoms with van der Waals surface area (Å²) in [4.78, 5) is 21.8. The van der Waals surface area contributed by atoms with Gasteiger partial charge in [0, 0.05) is 49.1 Å². The highest BCUT2D eigenvalue weighted by Gasteiger charge is 2.23. The summed E-state index contributed by atoms with van der Waals surface area (Å²) in [7, 11) is -3.71. The van der Waals surface area contributed by atoms with Gasteiger partial charge in [-0.05, 0) is 37.3 Å². The highest BCUT2D eigenvalue weighted by atomic mass is 32.2. The van der Waals surface area contributed by atoms with Crippen LogP contribution in [-0.4, -0.2) is 42.9 Å². The first-order valence-corrected chi connectivity index (χ1v) is 10.9. The van der Waals surface area contributed by atoms with Crippen molar-refractivity contribution in [1.29, 1.82) is 0 Å². The lowest BCUT2D eigenvalue weighted by Gasteiger charge is -2.33. The molecule has 0 amide bonds. The maximum atomic E-state index is 11.2. The van der Waals surface area contributed by atoms with Crippen LogP contribution in [0.5, 0.6) is 0 Å². The van der Waals surface area contributed by atoms with E-state index >= 15 is 0 Å². The molecule has 0 spiro atoms. The number of nitrogens with two attached hydrogens (primary N) is 1. The normalized spacial score (nSPS) is 17.3. The Morgan fingerprint density at radius 1 is 1.31 bits per heavy atom. The van der Waals surface area contributed by atoms with Gasteiger partial charge in [-0.25, -0.2) is 19.8 Å². The van der Waals surface area contributed by atoms with Crippen LogP contribution in [0.25, 0.3) is 11.4 Å². The van der Waals surface area contributed by atoms with Crippen LogP contribution in [0, 0.1) is 16.0 Å². The molecule has 3 rings (SSSR count). The van der Waals surface area contributed by atoms with Crippen LogP contribution in [0.3, 0.4) is 0 Å². The van der Waals surface area contributed by atoms with E-state index in [1.807, 2.05) is 13.0 Å². The number of rotatable bonds is 7. The summed E-state index contributed by atoms with van der Waals surface area (Å²) < 4.78 is 24.7. The number of nitro benzene ring substituents is 1. The number of nitrogens with zero attached hydrogens (tertiary/aromatic N) is 4. The maximum Gasteiger partial charge on any atom is 0.274 e. The van der Waals surface area contributed by atoms with E-state index in [0.717, 1.165) is 37.3 Å². The SMILES string of the molecule is CCc1cc(N2CCC[C@H](CNS(N)(=O)=O)C2)nc(-c2ccc([N+](=O)[O-])cc2)n1. The average Bonchev–Trinajstić information content (AvgIpc) is 2.71. The fourth-order valence-electron chi connectivity index (χ4n) is 3.36. The molecule has 1 fully saturated rings. The van der Waals surface area contributed by atoms with Gasteiger partial charge in [0.1, 0.15) is 5.82 Å². The van der Waals surface area contributed by atoms with E-state index < -0.39 is 15.1 Å². The Bertz CT molecular complexity index is 980. The molecule has 1 aliphatic rings. The van der Waals surface area contributed by atoms with Crippen molar-refractivity contribution in [2.45, 2.75) is 26.2 Å². The molecule has 0 aliphatic carbocycles. The third-order valence-corrected chi connectivity index (χ3v) is 5.45. The number of anilines is 1. The third kappa shape index (κ3) is 5.68. The summed E-state index contributed by atoms with van der Waals surface area (Å²) in [5.74, 6) is 1.41. The minimum absolute atomic E-state index is 0.0156. The van der Waals surface area contributed by atoms with Gasteiger partial charge in [0.15, 0.2) is 5.82 Å². The number of nitro groups is 1. The predicted octanol–water partition coefficient (Wildman–Crippen LogP) is 1.62. The monoisotopic (exact) mass is 420 g/mol. The number of aromatic nitrogens is 2. The van der Waals surface area contributed by atoms with E-state index in [-0.39, 0.29) is 18.2 Å². The number of hydrogen-bond acceptors (Lipinski definition) is 7. The molecular formula is C18H24N6O4S. The molecule has 29 heavy (non-hydrogen) atoms. The molecule has 1 atom stereocenters. The van der Waals surface area contributed by atoms with Crippen molar-refractivity contribution >= 4 is 21.7 Å². The minimum atomic E-state index is -3.71. The second-order valence-electron chi connectivity index (χ2n) is 7.05.